The van der Waals surface area contributed by atoms with E-state index < -0.39 is 40.9 Å². The Morgan fingerprint density at radius 3 is 1.62 bits per heavy atom. The van der Waals surface area contributed by atoms with Crippen LogP contribution >= 0.6 is 9.47 Å². The van der Waals surface area contributed by atoms with Gasteiger partial charge in [-0.15, -0.1) is 0 Å². The van der Waals surface area contributed by atoms with Crippen LogP contribution in [0.5, 0.6) is 11.5 Å². The first-order valence-electron chi connectivity index (χ1n) is 8.02. The summed E-state index contributed by atoms with van der Waals surface area (Å²) in [6.45, 7) is 5.19. The molecular formula is C18H21F5NO4P. The van der Waals surface area contributed by atoms with E-state index in [4.69, 9.17) is 20.1 Å². The predicted octanol–water partition coefficient (Wildman–Crippen LogP) is 4.23. The van der Waals surface area contributed by atoms with Gasteiger partial charge in [-0.1, -0.05) is 18.2 Å². The zero-order valence-electron chi connectivity index (χ0n) is 15.8. The second-order valence-corrected chi connectivity index (χ2v) is 5.86. The van der Waals surface area contributed by atoms with Crippen molar-refractivity contribution < 1.29 is 41.1 Å². The topological polar surface area (TPSA) is 81.8 Å². The maximum atomic E-state index is 12.2. The van der Waals surface area contributed by atoms with Gasteiger partial charge in [0.15, 0.2) is 5.75 Å². The van der Waals surface area contributed by atoms with Crippen LogP contribution in [0.2, 0.25) is 0 Å². The fourth-order valence-electron chi connectivity index (χ4n) is 1.43. The van der Waals surface area contributed by atoms with Crippen LogP contribution in [0.25, 0.3) is 0 Å². The van der Waals surface area contributed by atoms with Gasteiger partial charge in [-0.3, -0.25) is 4.79 Å². The lowest BCUT2D eigenvalue weighted by atomic mass is 10.3. The number of nitrogens with two attached hydrogens (primary N) is 1. The van der Waals surface area contributed by atoms with Crippen molar-refractivity contribution in [2.75, 3.05) is 0 Å². The van der Waals surface area contributed by atoms with Gasteiger partial charge in [0.1, 0.15) is 11.8 Å². The summed E-state index contributed by atoms with van der Waals surface area (Å²) in [6, 6.07) is 9.10. The quantitative estimate of drug-likeness (QED) is 0.245. The van der Waals surface area contributed by atoms with E-state index in [0.29, 0.717) is 0 Å². The SMILES string of the molecule is CC(C)OC(=O)C(C)N.Oc1c(F)c(F)c(F)c(F)c1F.POc1ccccc1. The Morgan fingerprint density at radius 1 is 0.931 bits per heavy atom. The Hall–Kier alpha value is -2.45. The van der Waals surface area contributed by atoms with Crippen molar-refractivity contribution in [1.82, 2.24) is 0 Å². The highest BCUT2D eigenvalue weighted by Gasteiger charge is 2.24. The molecule has 2 aromatic rings. The molecule has 0 aliphatic rings. The minimum Gasteiger partial charge on any atom is -0.503 e. The molecule has 0 saturated heterocycles. The first kappa shape index (κ1) is 26.6. The molecule has 0 aromatic heterocycles. The smallest absolute Gasteiger partial charge is 0.322 e. The third-order valence-corrected chi connectivity index (χ3v) is 3.06. The number of phenolic OH excluding ortho intramolecular Hbond substituents is 1. The monoisotopic (exact) mass is 441 g/mol. The number of aromatic hydroxyl groups is 1. The molecule has 5 nitrogen and oxygen atoms in total. The molecule has 0 bridgehead atoms. The number of para-hydroxylation sites is 1. The fourth-order valence-corrected chi connectivity index (χ4v) is 1.59. The van der Waals surface area contributed by atoms with Crippen molar-refractivity contribution in [3.63, 3.8) is 0 Å². The van der Waals surface area contributed by atoms with Crippen molar-refractivity contribution in [2.24, 2.45) is 5.73 Å². The summed E-state index contributed by atoms with van der Waals surface area (Å²) in [5.41, 5.74) is 5.21. The van der Waals surface area contributed by atoms with Crippen molar-refractivity contribution in [3.8, 4) is 11.5 Å². The molecule has 162 valence electrons. The van der Waals surface area contributed by atoms with E-state index >= 15 is 0 Å². The van der Waals surface area contributed by atoms with Gasteiger partial charge in [0.2, 0.25) is 29.1 Å². The minimum absolute atomic E-state index is 0.0662. The molecule has 2 atom stereocenters. The zero-order valence-corrected chi connectivity index (χ0v) is 16.9. The van der Waals surface area contributed by atoms with Crippen molar-refractivity contribution in [2.45, 2.75) is 32.9 Å². The largest absolute Gasteiger partial charge is 0.503 e. The molecule has 0 saturated carbocycles. The Kier molecular flexibility index (Phi) is 11.8. The van der Waals surface area contributed by atoms with Gasteiger partial charge in [-0.25, -0.2) is 13.2 Å². The van der Waals surface area contributed by atoms with Gasteiger partial charge < -0.3 is 20.1 Å². The summed E-state index contributed by atoms with van der Waals surface area (Å²) in [5.74, 6) is -12.4. The summed E-state index contributed by atoms with van der Waals surface area (Å²) >= 11 is 0. The molecule has 0 aliphatic heterocycles. The van der Waals surface area contributed by atoms with Crippen LogP contribution in [-0.2, 0) is 9.53 Å². The molecule has 2 unspecified atom stereocenters. The van der Waals surface area contributed by atoms with Crippen molar-refractivity contribution in [1.29, 1.82) is 0 Å². The van der Waals surface area contributed by atoms with Crippen LogP contribution < -0.4 is 10.3 Å². The van der Waals surface area contributed by atoms with Gasteiger partial charge in [-0.05, 0) is 32.9 Å². The summed E-state index contributed by atoms with van der Waals surface area (Å²) in [5, 5.41) is 8.30. The van der Waals surface area contributed by atoms with Crippen molar-refractivity contribution in [3.05, 3.63) is 59.4 Å². The molecule has 29 heavy (non-hydrogen) atoms. The molecular weight excluding hydrogens is 420 g/mol. The van der Waals surface area contributed by atoms with E-state index in [2.05, 4.69) is 9.47 Å². The molecule has 2 aromatic carbocycles. The third kappa shape index (κ3) is 9.06. The van der Waals surface area contributed by atoms with Crippen LogP contribution in [0.1, 0.15) is 20.8 Å². The van der Waals surface area contributed by atoms with E-state index in [0.717, 1.165) is 5.75 Å². The number of halogens is 5. The zero-order chi connectivity index (χ0) is 22.7. The molecule has 0 spiro atoms. The number of hydrogen-bond acceptors (Lipinski definition) is 5. The highest BCUT2D eigenvalue weighted by Crippen LogP contribution is 2.27. The number of carbonyl (C=O) groups excluding carboxylic acids is 1. The van der Waals surface area contributed by atoms with Crippen LogP contribution in [0.3, 0.4) is 0 Å². The predicted molar refractivity (Wildman–Crippen MR) is 99.6 cm³/mol. The van der Waals surface area contributed by atoms with E-state index in [1.165, 1.54) is 0 Å². The summed E-state index contributed by atoms with van der Waals surface area (Å²) < 4.78 is 70.2. The molecule has 3 N–H and O–H groups in total. The maximum absolute atomic E-state index is 12.2. The number of rotatable bonds is 3. The molecule has 0 radical (unpaired) electrons. The van der Waals surface area contributed by atoms with E-state index in [1.54, 1.807) is 20.8 Å². The Labute approximate surface area is 166 Å². The lowest BCUT2D eigenvalue weighted by Gasteiger charge is -2.08. The van der Waals surface area contributed by atoms with Gasteiger partial charge >= 0.3 is 5.97 Å². The normalized spacial score (nSPS) is 10.9. The number of ether oxygens (including phenoxy) is 1. The van der Waals surface area contributed by atoms with Crippen molar-refractivity contribution >= 4 is 15.4 Å². The average Bonchev–Trinajstić information content (AvgIpc) is 2.70. The second kappa shape index (κ2) is 12.9. The highest BCUT2D eigenvalue weighted by molar-refractivity contribution is 7.10. The Balaban J connectivity index is 0.000000416. The van der Waals surface area contributed by atoms with E-state index in [1.807, 2.05) is 30.3 Å². The number of carbonyl (C=O) groups is 1. The summed E-state index contributed by atoms with van der Waals surface area (Å²) in [4.78, 5) is 10.6. The molecule has 0 amide bonds. The van der Waals surface area contributed by atoms with E-state index in [-0.39, 0.29) is 12.1 Å². The second-order valence-electron chi connectivity index (χ2n) is 5.62. The maximum Gasteiger partial charge on any atom is 0.322 e. The standard InChI is InChI=1S/C6HF5O.C6H13NO2.C6H7OP/c7-1-2(8)4(10)6(12)5(11)3(1)9;1-4(2)9-6(8)5(3)7;8-7-6-4-2-1-3-5-6/h12H;4-5H,7H2,1-3H3;1-5H,8H2. The summed E-state index contributed by atoms with van der Waals surface area (Å²) in [6.07, 6.45) is -0.0662. The minimum atomic E-state index is -2.29. The number of phenols is 1. The third-order valence-electron chi connectivity index (χ3n) is 2.79. The van der Waals surface area contributed by atoms with Crippen LogP contribution in [0.15, 0.2) is 30.3 Å². The number of benzene rings is 2. The Morgan fingerprint density at radius 2 is 1.34 bits per heavy atom. The van der Waals surface area contributed by atoms with Gasteiger partial charge in [0.05, 0.1) is 15.6 Å². The van der Waals surface area contributed by atoms with E-state index in [9.17, 15) is 26.7 Å². The molecule has 0 heterocycles. The van der Waals surface area contributed by atoms with Crippen LogP contribution in [-0.4, -0.2) is 23.2 Å². The molecule has 11 heteroatoms. The van der Waals surface area contributed by atoms with Crippen LogP contribution in [0, 0.1) is 29.1 Å². The van der Waals surface area contributed by atoms with Gasteiger partial charge in [0, 0.05) is 0 Å². The number of esters is 1. The lowest BCUT2D eigenvalue weighted by molar-refractivity contribution is -0.148. The summed E-state index contributed by atoms with van der Waals surface area (Å²) in [7, 11) is 2.19. The average molecular weight is 441 g/mol. The highest BCUT2D eigenvalue weighted by atomic mass is 31.0. The molecule has 0 aliphatic carbocycles. The fraction of sp³-hybridized carbons (Fsp3) is 0.278. The first-order chi connectivity index (χ1) is 13.4. The molecule has 2 rings (SSSR count). The first-order valence-corrected chi connectivity index (χ1v) is 8.49. The van der Waals surface area contributed by atoms with Crippen LogP contribution in [0.4, 0.5) is 22.0 Å². The molecule has 0 fully saturated rings. The van der Waals surface area contributed by atoms with Gasteiger partial charge in [-0.2, -0.15) is 8.78 Å². The van der Waals surface area contributed by atoms with Gasteiger partial charge in [0.25, 0.3) is 0 Å². The lowest BCUT2D eigenvalue weighted by Crippen LogP contribution is -2.30. The number of hydrogen-bond donors (Lipinski definition) is 2. The Bertz CT molecular complexity index is 687.